The van der Waals surface area contributed by atoms with E-state index < -0.39 is 0 Å². The van der Waals surface area contributed by atoms with Crippen molar-refractivity contribution in [2.45, 2.75) is 12.3 Å². The third-order valence-electron chi connectivity index (χ3n) is 4.00. The lowest BCUT2D eigenvalue weighted by atomic mass is 9.66. The molecule has 0 spiro atoms. The molecule has 0 amide bonds. The van der Waals surface area contributed by atoms with Gasteiger partial charge in [0.25, 0.3) is 0 Å². The zero-order chi connectivity index (χ0) is 11.7. The highest BCUT2D eigenvalue weighted by Crippen LogP contribution is 2.42. The summed E-state index contributed by atoms with van der Waals surface area (Å²) in [6.45, 7) is 6.68. The molecule has 3 nitrogen and oxygen atoms in total. The summed E-state index contributed by atoms with van der Waals surface area (Å²) >= 11 is 0. The van der Waals surface area contributed by atoms with Crippen molar-refractivity contribution in [1.82, 2.24) is 5.32 Å². The first-order chi connectivity index (χ1) is 8.35. The average molecular weight is 233 g/mol. The Morgan fingerprint density at radius 3 is 2.76 bits per heavy atom. The molecule has 2 heterocycles. The van der Waals surface area contributed by atoms with Crippen molar-refractivity contribution in [3.8, 4) is 5.75 Å². The van der Waals surface area contributed by atoms with Crippen molar-refractivity contribution in [2.75, 3.05) is 32.9 Å². The zero-order valence-corrected chi connectivity index (χ0v) is 10.2. The van der Waals surface area contributed by atoms with Gasteiger partial charge < -0.3 is 14.8 Å². The van der Waals surface area contributed by atoms with E-state index in [1.54, 1.807) is 0 Å². The van der Waals surface area contributed by atoms with Crippen LogP contribution in [0.25, 0.3) is 0 Å². The van der Waals surface area contributed by atoms with Crippen LogP contribution >= 0.6 is 0 Å². The standard InChI is InChI=1S/C14H19NO2/c1-2-17-13-5-3-4-11(6-13)14(9-16-10-14)12-7-15-8-12/h3-6,12,15H,2,7-10H2,1H3. The number of hydrogen-bond donors (Lipinski definition) is 1. The van der Waals surface area contributed by atoms with Gasteiger partial charge in [0.2, 0.25) is 0 Å². The maximum absolute atomic E-state index is 5.59. The highest BCUT2D eigenvalue weighted by atomic mass is 16.5. The summed E-state index contributed by atoms with van der Waals surface area (Å²) in [6, 6.07) is 8.51. The minimum absolute atomic E-state index is 0.234. The van der Waals surface area contributed by atoms with Crippen LogP contribution < -0.4 is 10.1 Å². The van der Waals surface area contributed by atoms with Gasteiger partial charge in [-0.3, -0.25) is 0 Å². The van der Waals surface area contributed by atoms with E-state index in [4.69, 9.17) is 9.47 Å². The second-order valence-electron chi connectivity index (χ2n) is 4.96. The normalized spacial score (nSPS) is 22.6. The molecule has 0 atom stereocenters. The van der Waals surface area contributed by atoms with Crippen LogP contribution in [0.3, 0.4) is 0 Å². The summed E-state index contributed by atoms with van der Waals surface area (Å²) in [6.07, 6.45) is 0. The van der Waals surface area contributed by atoms with Crippen molar-refractivity contribution in [3.05, 3.63) is 29.8 Å². The lowest BCUT2D eigenvalue weighted by molar-refractivity contribution is -0.101. The molecule has 0 unspecified atom stereocenters. The number of nitrogens with one attached hydrogen (secondary N) is 1. The first kappa shape index (κ1) is 11.1. The average Bonchev–Trinajstić information content (AvgIpc) is 2.21. The number of rotatable bonds is 4. The maximum atomic E-state index is 5.59. The monoisotopic (exact) mass is 233 g/mol. The Hall–Kier alpha value is -1.06. The fourth-order valence-electron chi connectivity index (χ4n) is 2.70. The summed E-state index contributed by atoms with van der Waals surface area (Å²) < 4.78 is 11.1. The van der Waals surface area contributed by atoms with Gasteiger partial charge in [0.1, 0.15) is 5.75 Å². The summed E-state index contributed by atoms with van der Waals surface area (Å²) in [5.74, 6) is 1.69. The second-order valence-corrected chi connectivity index (χ2v) is 4.96. The molecule has 2 saturated heterocycles. The lowest BCUT2D eigenvalue weighted by Gasteiger charge is -2.51. The highest BCUT2D eigenvalue weighted by Gasteiger charge is 2.49. The van der Waals surface area contributed by atoms with Crippen LogP contribution in [-0.4, -0.2) is 32.9 Å². The van der Waals surface area contributed by atoms with E-state index in [2.05, 4.69) is 23.5 Å². The molecule has 0 bridgehead atoms. The molecular weight excluding hydrogens is 214 g/mol. The van der Waals surface area contributed by atoms with Crippen molar-refractivity contribution < 1.29 is 9.47 Å². The summed E-state index contributed by atoms with van der Waals surface area (Å²) in [5.41, 5.74) is 1.61. The Morgan fingerprint density at radius 2 is 2.24 bits per heavy atom. The first-order valence-electron chi connectivity index (χ1n) is 6.37. The van der Waals surface area contributed by atoms with Gasteiger partial charge in [0, 0.05) is 18.5 Å². The third-order valence-corrected chi connectivity index (χ3v) is 4.00. The van der Waals surface area contributed by atoms with E-state index in [-0.39, 0.29) is 5.41 Å². The number of ether oxygens (including phenoxy) is 2. The molecule has 0 radical (unpaired) electrons. The van der Waals surface area contributed by atoms with Gasteiger partial charge in [-0.2, -0.15) is 0 Å². The van der Waals surface area contributed by atoms with E-state index in [0.717, 1.165) is 38.7 Å². The Kier molecular flexibility index (Phi) is 2.81. The van der Waals surface area contributed by atoms with Crippen molar-refractivity contribution in [1.29, 1.82) is 0 Å². The smallest absolute Gasteiger partial charge is 0.119 e. The zero-order valence-electron chi connectivity index (χ0n) is 10.2. The number of hydrogen-bond acceptors (Lipinski definition) is 3. The summed E-state index contributed by atoms with van der Waals surface area (Å²) in [4.78, 5) is 0. The quantitative estimate of drug-likeness (QED) is 0.856. The van der Waals surface area contributed by atoms with Gasteiger partial charge in [-0.15, -0.1) is 0 Å². The Bertz CT molecular complexity index is 397. The Balaban J connectivity index is 1.88. The minimum atomic E-state index is 0.234. The molecule has 17 heavy (non-hydrogen) atoms. The number of benzene rings is 1. The molecule has 2 fully saturated rings. The molecule has 0 saturated carbocycles. The molecule has 3 heteroatoms. The SMILES string of the molecule is CCOc1cccc(C2(C3CNC3)COC2)c1. The fraction of sp³-hybridized carbons (Fsp3) is 0.571. The molecule has 2 aliphatic heterocycles. The second kappa shape index (κ2) is 4.31. The fourth-order valence-corrected chi connectivity index (χ4v) is 2.70. The van der Waals surface area contributed by atoms with Gasteiger partial charge in [0.05, 0.1) is 19.8 Å². The van der Waals surface area contributed by atoms with Crippen LogP contribution in [0.1, 0.15) is 12.5 Å². The predicted molar refractivity (Wildman–Crippen MR) is 66.5 cm³/mol. The molecule has 3 rings (SSSR count). The van der Waals surface area contributed by atoms with Gasteiger partial charge in [0.15, 0.2) is 0 Å². The summed E-state index contributed by atoms with van der Waals surface area (Å²) in [5, 5.41) is 3.36. The van der Waals surface area contributed by atoms with Crippen molar-refractivity contribution >= 4 is 0 Å². The van der Waals surface area contributed by atoms with Gasteiger partial charge in [-0.1, -0.05) is 12.1 Å². The van der Waals surface area contributed by atoms with E-state index in [1.807, 2.05) is 13.0 Å². The molecule has 2 aliphatic rings. The van der Waals surface area contributed by atoms with E-state index in [9.17, 15) is 0 Å². The van der Waals surface area contributed by atoms with Crippen LogP contribution in [0.15, 0.2) is 24.3 Å². The maximum Gasteiger partial charge on any atom is 0.119 e. The van der Waals surface area contributed by atoms with E-state index in [0.29, 0.717) is 5.92 Å². The van der Waals surface area contributed by atoms with Crippen LogP contribution in [0, 0.1) is 5.92 Å². The van der Waals surface area contributed by atoms with Crippen molar-refractivity contribution in [3.63, 3.8) is 0 Å². The predicted octanol–water partition coefficient (Wildman–Crippen LogP) is 1.57. The third kappa shape index (κ3) is 1.74. The molecule has 1 aromatic carbocycles. The van der Waals surface area contributed by atoms with Crippen LogP contribution in [-0.2, 0) is 10.2 Å². The molecule has 1 N–H and O–H groups in total. The molecule has 92 valence electrons. The lowest BCUT2D eigenvalue weighted by Crippen LogP contribution is -2.62. The Labute approximate surface area is 102 Å². The molecular formula is C14H19NO2. The van der Waals surface area contributed by atoms with Crippen LogP contribution in [0.5, 0.6) is 5.75 Å². The van der Waals surface area contributed by atoms with Crippen LogP contribution in [0.2, 0.25) is 0 Å². The van der Waals surface area contributed by atoms with Gasteiger partial charge in [-0.05, 0) is 30.5 Å². The largest absolute Gasteiger partial charge is 0.494 e. The topological polar surface area (TPSA) is 30.5 Å². The highest BCUT2D eigenvalue weighted by molar-refractivity contribution is 5.37. The van der Waals surface area contributed by atoms with Gasteiger partial charge in [-0.25, -0.2) is 0 Å². The molecule has 0 aliphatic carbocycles. The van der Waals surface area contributed by atoms with Gasteiger partial charge >= 0.3 is 0 Å². The first-order valence-corrected chi connectivity index (χ1v) is 6.37. The minimum Gasteiger partial charge on any atom is -0.494 e. The van der Waals surface area contributed by atoms with E-state index >= 15 is 0 Å². The van der Waals surface area contributed by atoms with Crippen LogP contribution in [0.4, 0.5) is 0 Å². The van der Waals surface area contributed by atoms with E-state index in [1.165, 1.54) is 5.56 Å². The Morgan fingerprint density at radius 1 is 1.41 bits per heavy atom. The summed E-state index contributed by atoms with van der Waals surface area (Å²) in [7, 11) is 0. The molecule has 0 aromatic heterocycles. The van der Waals surface area contributed by atoms with Crippen molar-refractivity contribution in [2.24, 2.45) is 5.92 Å². The molecule has 1 aromatic rings.